The summed E-state index contributed by atoms with van der Waals surface area (Å²) in [7, 11) is 1.56. The monoisotopic (exact) mass is 446 g/mol. The maximum Gasteiger partial charge on any atom is 0.343 e. The first-order valence-electron chi connectivity index (χ1n) is 10.6. The van der Waals surface area contributed by atoms with Crippen LogP contribution in [0.1, 0.15) is 46.0 Å². The third kappa shape index (κ3) is 7.21. The Balaban J connectivity index is 1.50. The zero-order valence-corrected chi connectivity index (χ0v) is 18.6. The van der Waals surface area contributed by atoms with E-state index in [0.717, 1.165) is 24.2 Å². The molecule has 1 N–H and O–H groups in total. The lowest BCUT2D eigenvalue weighted by Gasteiger charge is -2.07. The molecule has 0 saturated heterocycles. The minimum absolute atomic E-state index is 0.332. The fourth-order valence-corrected chi connectivity index (χ4v) is 2.78. The second-order valence-electron chi connectivity index (χ2n) is 7.11. The Morgan fingerprint density at radius 2 is 1.45 bits per heavy atom. The number of hydrogen-bond donors (Lipinski definition) is 1. The number of hydrogen-bond acceptors (Lipinski definition) is 6. The third-order valence-electron chi connectivity index (χ3n) is 4.68. The summed E-state index contributed by atoms with van der Waals surface area (Å²) in [6.45, 7) is 2.75. The van der Waals surface area contributed by atoms with Gasteiger partial charge in [0.1, 0.15) is 17.2 Å². The average Bonchev–Trinajstić information content (AvgIpc) is 2.85. The van der Waals surface area contributed by atoms with Crippen LogP contribution in [0.3, 0.4) is 0 Å². The minimum Gasteiger partial charge on any atom is -0.497 e. The zero-order valence-electron chi connectivity index (χ0n) is 18.6. The lowest BCUT2D eigenvalue weighted by atomic mass is 10.2. The molecule has 0 radical (unpaired) electrons. The summed E-state index contributed by atoms with van der Waals surface area (Å²) in [6, 6.07) is 20.4. The predicted molar refractivity (Wildman–Crippen MR) is 126 cm³/mol. The Kier molecular flexibility index (Phi) is 8.59. The summed E-state index contributed by atoms with van der Waals surface area (Å²) in [4.78, 5) is 24.4. The van der Waals surface area contributed by atoms with Crippen molar-refractivity contribution < 1.29 is 23.8 Å². The van der Waals surface area contributed by atoms with Gasteiger partial charge in [-0.15, -0.1) is 0 Å². The summed E-state index contributed by atoms with van der Waals surface area (Å²) in [6.07, 6.45) is 3.55. The van der Waals surface area contributed by atoms with E-state index in [1.165, 1.54) is 6.21 Å². The number of ether oxygens (including phenoxy) is 3. The van der Waals surface area contributed by atoms with E-state index in [0.29, 0.717) is 29.2 Å². The van der Waals surface area contributed by atoms with Crippen LogP contribution in [-0.2, 0) is 0 Å². The van der Waals surface area contributed by atoms with Crippen molar-refractivity contribution in [2.75, 3.05) is 13.7 Å². The smallest absolute Gasteiger partial charge is 0.343 e. The molecule has 0 atom stereocenters. The van der Waals surface area contributed by atoms with Crippen molar-refractivity contribution in [2.45, 2.75) is 19.8 Å². The van der Waals surface area contributed by atoms with E-state index in [2.05, 4.69) is 17.5 Å². The Bertz CT molecular complexity index is 1080. The third-order valence-corrected chi connectivity index (χ3v) is 4.68. The van der Waals surface area contributed by atoms with Crippen molar-refractivity contribution in [3.63, 3.8) is 0 Å². The second-order valence-corrected chi connectivity index (χ2v) is 7.11. The van der Waals surface area contributed by atoms with E-state index in [1.807, 2.05) is 0 Å². The first-order chi connectivity index (χ1) is 16.1. The highest BCUT2D eigenvalue weighted by Gasteiger charge is 2.09. The molecule has 0 fully saturated rings. The highest BCUT2D eigenvalue weighted by molar-refractivity contribution is 5.95. The van der Waals surface area contributed by atoms with Crippen molar-refractivity contribution in [2.24, 2.45) is 5.10 Å². The van der Waals surface area contributed by atoms with Gasteiger partial charge in [0.05, 0.1) is 25.5 Å². The summed E-state index contributed by atoms with van der Waals surface area (Å²) in [5, 5.41) is 3.96. The molecule has 3 aromatic carbocycles. The highest BCUT2D eigenvalue weighted by Crippen LogP contribution is 2.17. The molecule has 0 saturated carbocycles. The number of benzene rings is 3. The van der Waals surface area contributed by atoms with Gasteiger partial charge in [-0.25, -0.2) is 10.2 Å². The molecule has 3 aromatic rings. The SMILES string of the molecule is CCCCOc1ccc(C(=O)Oc2ccc(/C=N/NC(=O)c3ccc(OC)cc3)cc2)cc1. The summed E-state index contributed by atoms with van der Waals surface area (Å²) < 4.78 is 16.1. The van der Waals surface area contributed by atoms with Crippen molar-refractivity contribution in [1.82, 2.24) is 5.43 Å². The van der Waals surface area contributed by atoms with Crippen molar-refractivity contribution in [3.05, 3.63) is 89.5 Å². The fourth-order valence-electron chi connectivity index (χ4n) is 2.78. The first kappa shape index (κ1) is 23.5. The van der Waals surface area contributed by atoms with Crippen LogP contribution >= 0.6 is 0 Å². The number of esters is 1. The lowest BCUT2D eigenvalue weighted by Crippen LogP contribution is -2.17. The Labute approximate surface area is 193 Å². The second kappa shape index (κ2) is 12.0. The molecule has 0 bridgehead atoms. The standard InChI is InChI=1S/C26H26N2O5/c1-3-4-17-32-23-15-9-21(10-16-23)26(30)33-24-11-5-19(6-12-24)18-27-28-25(29)20-7-13-22(31-2)14-8-20/h5-16,18H,3-4,17H2,1-2H3,(H,28,29)/b27-18+. The number of nitrogens with one attached hydrogen (secondary N) is 1. The number of unbranched alkanes of at least 4 members (excludes halogenated alkanes) is 1. The van der Waals surface area contributed by atoms with E-state index in [4.69, 9.17) is 14.2 Å². The molecule has 0 spiro atoms. The normalized spacial score (nSPS) is 10.6. The zero-order chi connectivity index (χ0) is 23.5. The fraction of sp³-hybridized carbons (Fsp3) is 0.192. The average molecular weight is 447 g/mol. The molecule has 7 nitrogen and oxygen atoms in total. The predicted octanol–water partition coefficient (Wildman–Crippen LogP) is 4.86. The number of hydrazone groups is 1. The van der Waals surface area contributed by atoms with Gasteiger partial charge in [0, 0.05) is 5.56 Å². The van der Waals surface area contributed by atoms with Crippen molar-refractivity contribution >= 4 is 18.1 Å². The Hall–Kier alpha value is -4.13. The van der Waals surface area contributed by atoms with Gasteiger partial charge in [-0.3, -0.25) is 4.79 Å². The molecule has 7 heteroatoms. The molecule has 1 amide bonds. The van der Waals surface area contributed by atoms with Gasteiger partial charge in [0.25, 0.3) is 5.91 Å². The maximum absolute atomic E-state index is 12.3. The van der Waals surface area contributed by atoms with Crippen LogP contribution < -0.4 is 19.6 Å². The lowest BCUT2D eigenvalue weighted by molar-refractivity contribution is 0.0734. The van der Waals surface area contributed by atoms with Gasteiger partial charge in [-0.1, -0.05) is 13.3 Å². The van der Waals surface area contributed by atoms with Crippen LogP contribution in [0.2, 0.25) is 0 Å². The van der Waals surface area contributed by atoms with Crippen LogP contribution in [0.4, 0.5) is 0 Å². The number of rotatable bonds is 10. The number of amides is 1. The number of methoxy groups -OCH3 is 1. The van der Waals surface area contributed by atoms with Gasteiger partial charge in [0.2, 0.25) is 0 Å². The highest BCUT2D eigenvalue weighted by atomic mass is 16.5. The maximum atomic E-state index is 12.3. The topological polar surface area (TPSA) is 86.2 Å². The molecule has 0 heterocycles. The Morgan fingerprint density at radius 3 is 2.09 bits per heavy atom. The number of carbonyl (C=O) groups excluding carboxylic acids is 2. The van der Waals surface area contributed by atoms with E-state index >= 15 is 0 Å². The molecular formula is C26H26N2O5. The van der Waals surface area contributed by atoms with Gasteiger partial charge < -0.3 is 14.2 Å². The van der Waals surface area contributed by atoms with Crippen LogP contribution in [-0.4, -0.2) is 31.8 Å². The van der Waals surface area contributed by atoms with Crippen LogP contribution in [0.5, 0.6) is 17.2 Å². The van der Waals surface area contributed by atoms with Gasteiger partial charge in [0.15, 0.2) is 0 Å². The largest absolute Gasteiger partial charge is 0.497 e. The molecule has 33 heavy (non-hydrogen) atoms. The first-order valence-corrected chi connectivity index (χ1v) is 10.6. The van der Waals surface area contributed by atoms with Crippen molar-refractivity contribution in [3.8, 4) is 17.2 Å². The van der Waals surface area contributed by atoms with Gasteiger partial charge in [-0.2, -0.15) is 5.10 Å². The molecule has 3 rings (SSSR count). The molecule has 0 aliphatic carbocycles. The quantitative estimate of drug-likeness (QED) is 0.158. The van der Waals surface area contributed by atoms with Gasteiger partial charge in [-0.05, 0) is 84.8 Å². The summed E-state index contributed by atoms with van der Waals surface area (Å²) in [5.41, 5.74) is 4.11. The molecule has 0 aromatic heterocycles. The minimum atomic E-state index is -0.455. The van der Waals surface area contributed by atoms with Crippen LogP contribution in [0.25, 0.3) is 0 Å². The Morgan fingerprint density at radius 1 is 0.848 bits per heavy atom. The van der Waals surface area contributed by atoms with E-state index in [1.54, 1.807) is 79.9 Å². The summed E-state index contributed by atoms with van der Waals surface area (Å²) >= 11 is 0. The molecule has 0 aliphatic heterocycles. The number of carbonyl (C=O) groups is 2. The van der Waals surface area contributed by atoms with E-state index in [9.17, 15) is 9.59 Å². The molecular weight excluding hydrogens is 420 g/mol. The van der Waals surface area contributed by atoms with Gasteiger partial charge >= 0.3 is 5.97 Å². The van der Waals surface area contributed by atoms with Crippen LogP contribution in [0, 0.1) is 0 Å². The van der Waals surface area contributed by atoms with E-state index < -0.39 is 5.97 Å². The van der Waals surface area contributed by atoms with E-state index in [-0.39, 0.29) is 5.91 Å². The van der Waals surface area contributed by atoms with Crippen molar-refractivity contribution in [1.29, 1.82) is 0 Å². The summed E-state index contributed by atoms with van der Waals surface area (Å²) in [5.74, 6) is 1.01. The molecule has 170 valence electrons. The number of nitrogens with zero attached hydrogens (tertiary/aromatic N) is 1. The molecule has 0 aliphatic rings. The molecule has 0 unspecified atom stereocenters. The van der Waals surface area contributed by atoms with Crippen LogP contribution in [0.15, 0.2) is 77.9 Å².